The molecule has 0 aliphatic carbocycles. The first kappa shape index (κ1) is 22.3. The maximum atomic E-state index is 13.7. The number of unbranched alkanes of at least 4 members (excludes halogenated alkanes) is 1. The molecule has 4 nitrogen and oxygen atoms in total. The van der Waals surface area contributed by atoms with Crippen molar-refractivity contribution in [2.45, 2.75) is 45.4 Å². The molecule has 0 amide bonds. The molecule has 0 aliphatic heterocycles. The van der Waals surface area contributed by atoms with Crippen LogP contribution in [0.15, 0.2) is 42.5 Å². The lowest BCUT2D eigenvalue weighted by molar-refractivity contribution is -0.153. The number of alkyl halides is 3. The van der Waals surface area contributed by atoms with Gasteiger partial charge in [0.2, 0.25) is 0 Å². The van der Waals surface area contributed by atoms with Gasteiger partial charge in [-0.2, -0.15) is 18.4 Å². The number of ether oxygens (including phenoxy) is 2. The zero-order valence-corrected chi connectivity index (χ0v) is 16.3. The van der Waals surface area contributed by atoms with E-state index in [0.29, 0.717) is 23.1 Å². The summed E-state index contributed by atoms with van der Waals surface area (Å²) >= 11 is 0. The minimum Gasteiger partial charge on any atom is -0.478 e. The Hall–Kier alpha value is -3.01. The van der Waals surface area contributed by atoms with Crippen LogP contribution in [0.5, 0.6) is 5.75 Å². The molecule has 2 aromatic carbocycles. The lowest BCUT2D eigenvalue weighted by Gasteiger charge is -2.21. The zero-order chi connectivity index (χ0) is 21.4. The first-order valence-electron chi connectivity index (χ1n) is 9.35. The largest absolute Gasteiger partial charge is 0.478 e. The Morgan fingerprint density at radius 2 is 1.76 bits per heavy atom. The molecule has 0 bridgehead atoms. The molecule has 0 aliphatic rings. The van der Waals surface area contributed by atoms with E-state index in [2.05, 4.69) is 0 Å². The van der Waals surface area contributed by atoms with Gasteiger partial charge in [0.1, 0.15) is 5.75 Å². The molecule has 0 N–H and O–H groups in total. The summed E-state index contributed by atoms with van der Waals surface area (Å²) in [5.41, 5.74) is 0.312. The molecule has 7 heteroatoms. The second kappa shape index (κ2) is 9.97. The van der Waals surface area contributed by atoms with Crippen LogP contribution in [-0.4, -0.2) is 18.7 Å². The van der Waals surface area contributed by atoms with Gasteiger partial charge in [-0.25, -0.2) is 4.79 Å². The third-order valence-corrected chi connectivity index (χ3v) is 4.27. The van der Waals surface area contributed by atoms with E-state index in [4.69, 9.17) is 14.7 Å². The molecular weight excluding hydrogens is 383 g/mol. The highest BCUT2D eigenvalue weighted by Gasteiger charge is 2.36. The van der Waals surface area contributed by atoms with E-state index in [1.165, 1.54) is 24.3 Å². The lowest BCUT2D eigenvalue weighted by atomic mass is 10.0. The Balaban J connectivity index is 2.40. The summed E-state index contributed by atoms with van der Waals surface area (Å²) in [6.45, 7) is 3.66. The third-order valence-electron chi connectivity index (χ3n) is 4.27. The van der Waals surface area contributed by atoms with E-state index in [1.54, 1.807) is 19.1 Å². The van der Waals surface area contributed by atoms with Gasteiger partial charge in [-0.05, 0) is 55.2 Å². The Kier molecular flexibility index (Phi) is 7.66. The summed E-state index contributed by atoms with van der Waals surface area (Å²) in [6, 6.07) is 11.9. The Morgan fingerprint density at radius 1 is 1.10 bits per heavy atom. The van der Waals surface area contributed by atoms with Crippen molar-refractivity contribution in [3.05, 3.63) is 53.6 Å². The van der Waals surface area contributed by atoms with Gasteiger partial charge in [0.15, 0.2) is 6.10 Å². The molecule has 1 atom stereocenters. The molecule has 29 heavy (non-hydrogen) atoms. The first-order valence-corrected chi connectivity index (χ1v) is 9.35. The number of carbonyl (C=O) groups is 1. The van der Waals surface area contributed by atoms with Crippen LogP contribution < -0.4 is 4.74 Å². The smallest absolute Gasteiger partial charge is 0.419 e. The van der Waals surface area contributed by atoms with E-state index < -0.39 is 29.6 Å². The zero-order valence-electron chi connectivity index (χ0n) is 16.3. The molecule has 0 aromatic heterocycles. The van der Waals surface area contributed by atoms with Crippen LogP contribution in [0.25, 0.3) is 11.1 Å². The van der Waals surface area contributed by atoms with Crippen LogP contribution in [0.1, 0.15) is 44.2 Å². The van der Waals surface area contributed by atoms with E-state index in [1.807, 2.05) is 13.0 Å². The van der Waals surface area contributed by atoms with Gasteiger partial charge in [-0.3, -0.25) is 0 Å². The van der Waals surface area contributed by atoms with E-state index in [0.717, 1.165) is 12.5 Å². The summed E-state index contributed by atoms with van der Waals surface area (Å²) in [7, 11) is 0. The van der Waals surface area contributed by atoms with Crippen molar-refractivity contribution < 1.29 is 27.4 Å². The number of esters is 1. The van der Waals surface area contributed by atoms with E-state index in [-0.39, 0.29) is 13.0 Å². The maximum absolute atomic E-state index is 13.7. The van der Waals surface area contributed by atoms with Crippen LogP contribution in [0, 0.1) is 11.3 Å². The number of carbonyl (C=O) groups excluding carboxylic acids is 1. The molecular formula is C22H22F3NO3. The molecule has 0 radical (unpaired) electrons. The van der Waals surface area contributed by atoms with Crippen molar-refractivity contribution in [1.29, 1.82) is 5.26 Å². The Labute approximate surface area is 167 Å². The summed E-state index contributed by atoms with van der Waals surface area (Å²) in [5, 5.41) is 8.86. The van der Waals surface area contributed by atoms with Gasteiger partial charge in [0.05, 0.1) is 23.8 Å². The number of halogens is 3. The van der Waals surface area contributed by atoms with Crippen LogP contribution >= 0.6 is 0 Å². The lowest BCUT2D eigenvalue weighted by Crippen LogP contribution is -2.30. The normalized spacial score (nSPS) is 12.1. The van der Waals surface area contributed by atoms with Gasteiger partial charge in [0, 0.05) is 0 Å². The van der Waals surface area contributed by atoms with Gasteiger partial charge < -0.3 is 9.47 Å². The first-order chi connectivity index (χ1) is 13.8. The van der Waals surface area contributed by atoms with Gasteiger partial charge in [-0.1, -0.05) is 31.5 Å². The Bertz CT molecular complexity index is 870. The van der Waals surface area contributed by atoms with Crippen molar-refractivity contribution >= 4 is 5.97 Å². The standard InChI is InChI=1S/C22H22F3NO3/c1-3-5-6-20(21(27)28-4-2)29-19-12-11-17(13-18(19)22(23,24)25)16-9-7-15(14-26)8-10-16/h7-13,20H,3-6H2,1-2H3. The predicted molar refractivity (Wildman–Crippen MR) is 102 cm³/mol. The monoisotopic (exact) mass is 405 g/mol. The highest BCUT2D eigenvalue weighted by atomic mass is 19.4. The van der Waals surface area contributed by atoms with E-state index in [9.17, 15) is 18.0 Å². The van der Waals surface area contributed by atoms with Crippen LogP contribution in [-0.2, 0) is 15.7 Å². The molecule has 0 heterocycles. The summed E-state index contributed by atoms with van der Waals surface area (Å²) in [6.07, 6.45) is -4.11. The highest BCUT2D eigenvalue weighted by molar-refractivity contribution is 5.75. The molecule has 1 unspecified atom stereocenters. The van der Waals surface area contributed by atoms with Crippen molar-refractivity contribution in [1.82, 2.24) is 0 Å². The van der Waals surface area contributed by atoms with Gasteiger partial charge in [-0.15, -0.1) is 0 Å². The molecule has 0 saturated carbocycles. The minimum absolute atomic E-state index is 0.120. The summed E-state index contributed by atoms with van der Waals surface area (Å²) in [5.74, 6) is -1.09. The molecule has 0 fully saturated rings. The summed E-state index contributed by atoms with van der Waals surface area (Å²) < 4.78 is 51.4. The topological polar surface area (TPSA) is 59.3 Å². The summed E-state index contributed by atoms with van der Waals surface area (Å²) in [4.78, 5) is 12.1. The maximum Gasteiger partial charge on any atom is 0.419 e. The molecule has 2 rings (SSSR count). The number of nitriles is 1. The fourth-order valence-corrected chi connectivity index (χ4v) is 2.77. The predicted octanol–water partition coefficient (Wildman–Crippen LogP) is 5.74. The molecule has 0 saturated heterocycles. The van der Waals surface area contributed by atoms with Crippen LogP contribution in [0.2, 0.25) is 0 Å². The highest BCUT2D eigenvalue weighted by Crippen LogP contribution is 2.39. The molecule has 0 spiro atoms. The number of benzene rings is 2. The third kappa shape index (κ3) is 5.98. The minimum atomic E-state index is -4.66. The SMILES string of the molecule is CCCCC(Oc1ccc(-c2ccc(C#N)cc2)cc1C(F)(F)F)C(=O)OCC. The van der Waals surface area contributed by atoms with Gasteiger partial charge in [0.25, 0.3) is 0 Å². The quantitative estimate of drug-likeness (QED) is 0.525. The van der Waals surface area contributed by atoms with Crippen molar-refractivity contribution in [3.8, 4) is 22.9 Å². The number of rotatable bonds is 8. The average molecular weight is 405 g/mol. The fraction of sp³-hybridized carbons (Fsp3) is 0.364. The number of hydrogen-bond acceptors (Lipinski definition) is 4. The second-order valence-corrected chi connectivity index (χ2v) is 6.40. The Morgan fingerprint density at radius 3 is 2.31 bits per heavy atom. The number of nitrogens with zero attached hydrogens (tertiary/aromatic N) is 1. The van der Waals surface area contributed by atoms with Gasteiger partial charge >= 0.3 is 12.1 Å². The van der Waals surface area contributed by atoms with Crippen molar-refractivity contribution in [2.24, 2.45) is 0 Å². The second-order valence-electron chi connectivity index (χ2n) is 6.40. The fourth-order valence-electron chi connectivity index (χ4n) is 2.77. The molecule has 2 aromatic rings. The van der Waals surface area contributed by atoms with Crippen LogP contribution in [0.3, 0.4) is 0 Å². The van der Waals surface area contributed by atoms with E-state index >= 15 is 0 Å². The van der Waals surface area contributed by atoms with Crippen molar-refractivity contribution in [3.63, 3.8) is 0 Å². The number of hydrogen-bond donors (Lipinski definition) is 0. The van der Waals surface area contributed by atoms with Crippen molar-refractivity contribution in [2.75, 3.05) is 6.61 Å². The average Bonchev–Trinajstić information content (AvgIpc) is 2.70. The van der Waals surface area contributed by atoms with Crippen LogP contribution in [0.4, 0.5) is 13.2 Å². The molecule has 154 valence electrons.